The van der Waals surface area contributed by atoms with Gasteiger partial charge in [-0.05, 0) is 35.9 Å². The number of rotatable bonds is 4. The summed E-state index contributed by atoms with van der Waals surface area (Å²) in [7, 11) is 2.11. The first-order chi connectivity index (χ1) is 22.2. The van der Waals surface area contributed by atoms with Gasteiger partial charge < -0.3 is 14.8 Å². The second kappa shape index (κ2) is 10.5. The fourth-order valence-corrected chi connectivity index (χ4v) is 8.08. The largest absolute Gasteiger partial charge is 0.367 e. The minimum atomic E-state index is -0.206. The van der Waals surface area contributed by atoms with E-state index in [-0.39, 0.29) is 18.5 Å². The molecule has 6 heteroatoms. The molecule has 0 radical (unpaired) electrons. The molecule has 3 unspecified atom stereocenters. The van der Waals surface area contributed by atoms with E-state index in [1.54, 1.807) is 0 Å². The lowest BCUT2D eigenvalue weighted by Crippen LogP contribution is -2.50. The van der Waals surface area contributed by atoms with E-state index in [0.29, 0.717) is 0 Å². The zero-order chi connectivity index (χ0) is 29.9. The van der Waals surface area contributed by atoms with Crippen LogP contribution in [-0.4, -0.2) is 28.5 Å². The van der Waals surface area contributed by atoms with E-state index in [9.17, 15) is 0 Å². The molecule has 5 nitrogen and oxygen atoms in total. The van der Waals surface area contributed by atoms with Gasteiger partial charge in [-0.15, -0.1) is 11.3 Å². The van der Waals surface area contributed by atoms with Crippen LogP contribution in [0.25, 0.3) is 42.0 Å². The van der Waals surface area contributed by atoms with Gasteiger partial charge in [0.25, 0.3) is 0 Å². The van der Waals surface area contributed by atoms with Crippen molar-refractivity contribution in [2.75, 3.05) is 7.05 Å². The number of para-hydroxylation sites is 1. The Kier molecular flexibility index (Phi) is 6.11. The number of amidine groups is 1. The van der Waals surface area contributed by atoms with E-state index >= 15 is 0 Å². The molecule has 2 aliphatic heterocycles. The van der Waals surface area contributed by atoms with Crippen LogP contribution in [-0.2, 0) is 0 Å². The van der Waals surface area contributed by atoms with E-state index in [1.807, 2.05) is 17.4 Å². The zero-order valence-corrected chi connectivity index (χ0v) is 25.6. The fourth-order valence-electron chi connectivity index (χ4n) is 6.96. The van der Waals surface area contributed by atoms with E-state index in [4.69, 9.17) is 4.99 Å². The van der Waals surface area contributed by atoms with E-state index in [2.05, 4.69) is 161 Å². The molecule has 2 aliphatic rings. The van der Waals surface area contributed by atoms with Gasteiger partial charge in [-0.3, -0.25) is 5.32 Å². The van der Waals surface area contributed by atoms with Crippen molar-refractivity contribution in [1.29, 1.82) is 0 Å². The number of benzene rings is 5. The summed E-state index contributed by atoms with van der Waals surface area (Å²) in [5.41, 5.74) is 5.87. The molecule has 5 aromatic carbocycles. The van der Waals surface area contributed by atoms with E-state index in [1.165, 1.54) is 47.5 Å². The van der Waals surface area contributed by atoms with Crippen LogP contribution in [0.1, 0.15) is 23.5 Å². The molecule has 0 aliphatic carbocycles. The summed E-state index contributed by atoms with van der Waals surface area (Å²) in [4.78, 5) is 7.48. The predicted molar refractivity (Wildman–Crippen MR) is 189 cm³/mol. The minimum absolute atomic E-state index is 0.0167. The summed E-state index contributed by atoms with van der Waals surface area (Å²) in [6.45, 7) is 0. The lowest BCUT2D eigenvalue weighted by Gasteiger charge is -2.39. The molecule has 2 aromatic heterocycles. The van der Waals surface area contributed by atoms with Gasteiger partial charge in [-0.25, -0.2) is 4.99 Å². The molecule has 0 saturated heterocycles. The Labute approximate surface area is 265 Å². The Bertz CT molecular complexity index is 2310. The lowest BCUT2D eigenvalue weighted by molar-refractivity contribution is 0.270. The Morgan fingerprint density at radius 2 is 1.42 bits per heavy atom. The fraction of sp³-hybridized carbons (Fsp3) is 0.103. The highest BCUT2D eigenvalue weighted by molar-refractivity contribution is 7.25. The molecule has 0 fully saturated rings. The average Bonchev–Trinajstić information content (AvgIpc) is 3.63. The third-order valence-electron chi connectivity index (χ3n) is 9.13. The molecule has 2 N–H and O–H groups in total. The Morgan fingerprint density at radius 3 is 2.22 bits per heavy atom. The van der Waals surface area contributed by atoms with Crippen LogP contribution in [0.4, 0.5) is 0 Å². The van der Waals surface area contributed by atoms with Crippen LogP contribution in [0.3, 0.4) is 0 Å². The number of nitrogens with zero attached hydrogens (tertiary/aromatic N) is 3. The second-order valence-corrected chi connectivity index (χ2v) is 12.9. The maximum atomic E-state index is 5.24. The third kappa shape index (κ3) is 4.29. The normalized spacial score (nSPS) is 20.1. The van der Waals surface area contributed by atoms with Crippen molar-refractivity contribution >= 4 is 59.2 Å². The molecule has 45 heavy (non-hydrogen) atoms. The van der Waals surface area contributed by atoms with Gasteiger partial charge in [-0.1, -0.05) is 103 Å². The summed E-state index contributed by atoms with van der Waals surface area (Å²) >= 11 is 1.87. The van der Waals surface area contributed by atoms with Crippen LogP contribution in [0.2, 0.25) is 0 Å². The van der Waals surface area contributed by atoms with Crippen LogP contribution < -0.4 is 10.6 Å². The van der Waals surface area contributed by atoms with Crippen molar-refractivity contribution in [1.82, 2.24) is 20.1 Å². The van der Waals surface area contributed by atoms with Crippen LogP contribution in [0, 0.1) is 0 Å². The molecule has 0 amide bonds. The molecular formula is C39H31N5S. The molecule has 3 atom stereocenters. The zero-order valence-electron chi connectivity index (χ0n) is 24.8. The number of hydrogen-bond acceptors (Lipinski definition) is 5. The minimum Gasteiger partial charge on any atom is -0.367 e. The third-order valence-corrected chi connectivity index (χ3v) is 10.3. The number of aliphatic imine (C=N–C) groups is 1. The first-order valence-corrected chi connectivity index (χ1v) is 16.2. The van der Waals surface area contributed by atoms with Crippen LogP contribution in [0.15, 0.2) is 150 Å². The maximum Gasteiger partial charge on any atom is 0.134 e. The number of aromatic nitrogens is 1. The summed E-state index contributed by atoms with van der Waals surface area (Å²) < 4.78 is 5.08. The monoisotopic (exact) mass is 601 g/mol. The quantitative estimate of drug-likeness (QED) is 0.212. The highest BCUT2D eigenvalue weighted by Gasteiger charge is 2.31. The van der Waals surface area contributed by atoms with Gasteiger partial charge >= 0.3 is 0 Å². The number of thiophene rings is 1. The molecule has 7 aromatic rings. The second-order valence-electron chi connectivity index (χ2n) is 11.8. The van der Waals surface area contributed by atoms with Gasteiger partial charge in [0.15, 0.2) is 0 Å². The highest BCUT2D eigenvalue weighted by Crippen LogP contribution is 2.41. The summed E-state index contributed by atoms with van der Waals surface area (Å²) in [5, 5.41) is 12.8. The van der Waals surface area contributed by atoms with Crippen molar-refractivity contribution < 1.29 is 0 Å². The maximum absolute atomic E-state index is 5.24. The number of dihydropyridines is 1. The van der Waals surface area contributed by atoms with Gasteiger partial charge in [0.2, 0.25) is 0 Å². The van der Waals surface area contributed by atoms with Crippen LogP contribution in [0.5, 0.6) is 0 Å². The highest BCUT2D eigenvalue weighted by atomic mass is 32.1. The smallest absolute Gasteiger partial charge is 0.134 e. The first kappa shape index (κ1) is 26.3. The van der Waals surface area contributed by atoms with E-state index in [0.717, 1.165) is 17.0 Å². The van der Waals surface area contributed by atoms with Gasteiger partial charge in [0, 0.05) is 55.3 Å². The Balaban J connectivity index is 1.11. The Hall–Kier alpha value is -5.17. The van der Waals surface area contributed by atoms with Gasteiger partial charge in [-0.2, -0.15) is 0 Å². The van der Waals surface area contributed by atoms with Gasteiger partial charge in [0.1, 0.15) is 24.3 Å². The molecule has 4 heterocycles. The van der Waals surface area contributed by atoms with Gasteiger partial charge in [0.05, 0.1) is 11.0 Å². The van der Waals surface area contributed by atoms with E-state index < -0.39 is 0 Å². The average molecular weight is 602 g/mol. The van der Waals surface area contributed by atoms with Crippen molar-refractivity contribution in [3.8, 4) is 0 Å². The predicted octanol–water partition coefficient (Wildman–Crippen LogP) is 8.71. The standard InChI is InChI=1S/C39H31N5S/c1-43-38(25-12-4-2-5-13-25)41-37(42-39(43)26-14-6-3-7-15-26)27-20-21-36(40-24-27)44-32-18-10-8-16-28(32)30-22-31-29-17-9-11-19-34(29)45-35(31)23-33(30)44/h2-24,36-38,40-41H,1H3. The molecule has 0 spiro atoms. The molecule has 218 valence electrons. The Morgan fingerprint density at radius 1 is 0.689 bits per heavy atom. The van der Waals surface area contributed by atoms with Crippen molar-refractivity contribution in [3.63, 3.8) is 0 Å². The molecule has 0 bridgehead atoms. The molecule has 0 saturated carbocycles. The van der Waals surface area contributed by atoms with Crippen molar-refractivity contribution in [2.24, 2.45) is 4.99 Å². The lowest BCUT2D eigenvalue weighted by atomic mass is 10.0. The SMILES string of the molecule is CN1C(c2ccccc2)=NC(C2=CNC(n3c4ccccc4c4cc5c(cc43)sc3ccccc35)C=C2)NC1c1ccccc1. The number of nitrogens with one attached hydrogen (secondary N) is 2. The first-order valence-electron chi connectivity index (χ1n) is 15.4. The summed E-state index contributed by atoms with van der Waals surface area (Å²) in [5.74, 6) is 0.972. The molecule has 9 rings (SSSR count). The topological polar surface area (TPSA) is 44.6 Å². The summed E-state index contributed by atoms with van der Waals surface area (Å²) in [6, 6.07) is 43.3. The summed E-state index contributed by atoms with van der Waals surface area (Å²) in [6.07, 6.45) is 6.39. The van der Waals surface area contributed by atoms with Crippen LogP contribution >= 0.6 is 11.3 Å². The number of hydrogen-bond donors (Lipinski definition) is 2. The van der Waals surface area contributed by atoms with Crippen molar-refractivity contribution in [3.05, 3.63) is 156 Å². The van der Waals surface area contributed by atoms with Crippen molar-refractivity contribution in [2.45, 2.75) is 18.5 Å². The molecular weight excluding hydrogens is 571 g/mol. The number of fused-ring (bicyclic) bond motifs is 6.